The maximum atomic E-state index is 3.80. The summed E-state index contributed by atoms with van der Waals surface area (Å²) in [5.74, 6) is 0.809. The molecule has 0 heterocycles. The molecule has 1 aliphatic rings. The van der Waals surface area contributed by atoms with Gasteiger partial charge in [0.25, 0.3) is 0 Å². The molecule has 2 heteroatoms. The average molecular weight is 229 g/mol. The minimum Gasteiger partial charge on any atom is -0.311 e. The predicted molar refractivity (Wildman–Crippen MR) is 71.6 cm³/mol. The van der Waals surface area contributed by atoms with E-state index in [-0.39, 0.29) is 0 Å². The van der Waals surface area contributed by atoms with Gasteiger partial charge in [-0.2, -0.15) is 11.8 Å². The second kappa shape index (κ2) is 6.80. The van der Waals surface area contributed by atoms with Crippen molar-refractivity contribution in [3.8, 4) is 0 Å². The molecule has 90 valence electrons. The lowest BCUT2D eigenvalue weighted by Gasteiger charge is -2.32. The van der Waals surface area contributed by atoms with E-state index in [1.807, 2.05) is 11.8 Å². The third-order valence-corrected chi connectivity index (χ3v) is 5.14. The summed E-state index contributed by atoms with van der Waals surface area (Å²) in [6, 6.07) is 1.48. The van der Waals surface area contributed by atoms with Crippen LogP contribution in [0.5, 0.6) is 0 Å². The van der Waals surface area contributed by atoms with Gasteiger partial charge in [-0.25, -0.2) is 0 Å². The third kappa shape index (κ3) is 4.36. The molecule has 0 amide bonds. The molecule has 0 aliphatic heterocycles. The summed E-state index contributed by atoms with van der Waals surface area (Å²) in [5.41, 5.74) is 0. The van der Waals surface area contributed by atoms with Gasteiger partial charge in [0, 0.05) is 17.3 Å². The molecular weight excluding hydrogens is 202 g/mol. The number of hydrogen-bond donors (Lipinski definition) is 1. The fourth-order valence-electron chi connectivity index (χ4n) is 2.35. The second-order valence-corrected chi connectivity index (χ2v) is 6.19. The Balaban J connectivity index is 2.23. The van der Waals surface area contributed by atoms with E-state index in [9.17, 15) is 0 Å². The van der Waals surface area contributed by atoms with E-state index in [2.05, 4.69) is 32.3 Å². The van der Waals surface area contributed by atoms with Crippen LogP contribution in [-0.4, -0.2) is 23.6 Å². The average Bonchev–Trinajstić information content (AvgIpc) is 2.29. The van der Waals surface area contributed by atoms with Gasteiger partial charge >= 0.3 is 0 Å². The molecular formula is C13H27NS. The largest absolute Gasteiger partial charge is 0.311 e. The predicted octanol–water partition coefficient (Wildman–Crippen LogP) is 3.68. The van der Waals surface area contributed by atoms with Gasteiger partial charge in [0.15, 0.2) is 0 Å². The fraction of sp³-hybridized carbons (Fsp3) is 1.00. The molecule has 1 saturated carbocycles. The normalized spacial score (nSPS) is 31.2. The zero-order valence-corrected chi connectivity index (χ0v) is 11.6. The maximum Gasteiger partial charge on any atom is 0.00704 e. The molecule has 2 atom stereocenters. The first kappa shape index (κ1) is 13.4. The standard InChI is InChI=1S/C13H27NS/c1-5-10(2)11(3)14-12-6-8-13(15-4)9-7-12/h10-14H,5-9H2,1-4H3. The van der Waals surface area contributed by atoms with E-state index in [4.69, 9.17) is 0 Å². The van der Waals surface area contributed by atoms with E-state index in [0.29, 0.717) is 6.04 Å². The van der Waals surface area contributed by atoms with Crippen LogP contribution in [0.25, 0.3) is 0 Å². The summed E-state index contributed by atoms with van der Waals surface area (Å²) < 4.78 is 0. The van der Waals surface area contributed by atoms with Crippen LogP contribution < -0.4 is 5.32 Å². The lowest BCUT2D eigenvalue weighted by atomic mass is 9.92. The first-order valence-electron chi connectivity index (χ1n) is 6.46. The van der Waals surface area contributed by atoms with Gasteiger partial charge in [-0.3, -0.25) is 0 Å². The highest BCUT2D eigenvalue weighted by Gasteiger charge is 2.22. The fourth-order valence-corrected chi connectivity index (χ4v) is 3.10. The third-order valence-electron chi connectivity index (χ3n) is 4.00. The molecule has 1 nitrogen and oxygen atoms in total. The van der Waals surface area contributed by atoms with E-state index in [1.54, 1.807) is 0 Å². The lowest BCUT2D eigenvalue weighted by Crippen LogP contribution is -2.42. The van der Waals surface area contributed by atoms with Crippen molar-refractivity contribution in [2.45, 2.75) is 70.2 Å². The van der Waals surface area contributed by atoms with Crippen LogP contribution in [0.3, 0.4) is 0 Å². The molecule has 15 heavy (non-hydrogen) atoms. The summed E-state index contributed by atoms with van der Waals surface area (Å²) >= 11 is 2.05. The van der Waals surface area contributed by atoms with Crippen molar-refractivity contribution in [3.63, 3.8) is 0 Å². The highest BCUT2D eigenvalue weighted by Crippen LogP contribution is 2.27. The smallest absolute Gasteiger partial charge is 0.00704 e. The molecule has 0 spiro atoms. The first-order valence-corrected chi connectivity index (χ1v) is 7.75. The van der Waals surface area contributed by atoms with Gasteiger partial charge in [-0.15, -0.1) is 0 Å². The summed E-state index contributed by atoms with van der Waals surface area (Å²) in [6.45, 7) is 6.98. The van der Waals surface area contributed by atoms with Crippen molar-refractivity contribution in [3.05, 3.63) is 0 Å². The van der Waals surface area contributed by atoms with Gasteiger partial charge < -0.3 is 5.32 Å². The summed E-state index contributed by atoms with van der Waals surface area (Å²) in [6.07, 6.45) is 9.12. The monoisotopic (exact) mass is 229 g/mol. The van der Waals surface area contributed by atoms with Crippen LogP contribution in [0.15, 0.2) is 0 Å². The van der Waals surface area contributed by atoms with Crippen molar-refractivity contribution in [2.75, 3.05) is 6.26 Å². The Morgan fingerprint density at radius 1 is 1.20 bits per heavy atom. The molecule has 1 fully saturated rings. The van der Waals surface area contributed by atoms with Gasteiger partial charge in [0.2, 0.25) is 0 Å². The molecule has 2 unspecified atom stereocenters. The van der Waals surface area contributed by atoms with Crippen LogP contribution in [0.4, 0.5) is 0 Å². The molecule has 0 aromatic carbocycles. The van der Waals surface area contributed by atoms with Crippen molar-refractivity contribution in [1.29, 1.82) is 0 Å². The highest BCUT2D eigenvalue weighted by atomic mass is 32.2. The summed E-state index contributed by atoms with van der Waals surface area (Å²) in [4.78, 5) is 0. The zero-order valence-electron chi connectivity index (χ0n) is 10.8. The molecule has 1 N–H and O–H groups in total. The first-order chi connectivity index (χ1) is 7.17. The number of rotatable bonds is 5. The Labute approximate surface area is 99.8 Å². The van der Waals surface area contributed by atoms with Crippen molar-refractivity contribution < 1.29 is 0 Å². The SMILES string of the molecule is CCC(C)C(C)NC1CCC(SC)CC1. The second-order valence-electron chi connectivity index (χ2n) is 5.05. The van der Waals surface area contributed by atoms with Gasteiger partial charge in [-0.05, 0) is 44.8 Å². The zero-order chi connectivity index (χ0) is 11.3. The Kier molecular flexibility index (Phi) is 6.06. The number of thioether (sulfide) groups is 1. The van der Waals surface area contributed by atoms with Crippen molar-refractivity contribution >= 4 is 11.8 Å². The van der Waals surface area contributed by atoms with Crippen LogP contribution in [0, 0.1) is 5.92 Å². The van der Waals surface area contributed by atoms with Crippen LogP contribution >= 0.6 is 11.8 Å². The quantitative estimate of drug-likeness (QED) is 0.772. The topological polar surface area (TPSA) is 12.0 Å². The number of nitrogens with one attached hydrogen (secondary N) is 1. The van der Waals surface area contributed by atoms with Crippen molar-refractivity contribution in [2.24, 2.45) is 5.92 Å². The Bertz CT molecular complexity index is 164. The van der Waals surface area contributed by atoms with Gasteiger partial charge in [0.1, 0.15) is 0 Å². The van der Waals surface area contributed by atoms with Crippen LogP contribution in [-0.2, 0) is 0 Å². The van der Waals surface area contributed by atoms with Gasteiger partial charge in [0.05, 0.1) is 0 Å². The summed E-state index contributed by atoms with van der Waals surface area (Å²) in [5, 5.41) is 4.74. The molecule has 0 bridgehead atoms. The van der Waals surface area contributed by atoms with Gasteiger partial charge in [-0.1, -0.05) is 20.3 Å². The maximum absolute atomic E-state index is 3.80. The Morgan fingerprint density at radius 3 is 2.27 bits per heavy atom. The minimum absolute atomic E-state index is 0.686. The molecule has 0 aromatic rings. The Morgan fingerprint density at radius 2 is 1.80 bits per heavy atom. The molecule has 1 aliphatic carbocycles. The molecule has 0 radical (unpaired) electrons. The molecule has 1 rings (SSSR count). The Hall–Kier alpha value is 0.310. The minimum atomic E-state index is 0.686. The van der Waals surface area contributed by atoms with E-state index >= 15 is 0 Å². The van der Waals surface area contributed by atoms with E-state index in [1.165, 1.54) is 32.1 Å². The van der Waals surface area contributed by atoms with Crippen LogP contribution in [0.1, 0.15) is 52.9 Å². The highest BCUT2D eigenvalue weighted by molar-refractivity contribution is 7.99. The van der Waals surface area contributed by atoms with Crippen molar-refractivity contribution in [1.82, 2.24) is 5.32 Å². The molecule has 0 aromatic heterocycles. The summed E-state index contributed by atoms with van der Waals surface area (Å²) in [7, 11) is 0. The van der Waals surface area contributed by atoms with E-state index < -0.39 is 0 Å². The number of hydrogen-bond acceptors (Lipinski definition) is 2. The van der Waals surface area contributed by atoms with E-state index in [0.717, 1.165) is 17.2 Å². The molecule has 0 saturated heterocycles. The lowest BCUT2D eigenvalue weighted by molar-refractivity contribution is 0.300. The van der Waals surface area contributed by atoms with Crippen LogP contribution in [0.2, 0.25) is 0 Å².